The number of carbonyl (C=O) groups excluding carboxylic acids is 3. The number of ether oxygens (including phenoxy) is 1. The second-order valence-corrected chi connectivity index (χ2v) is 14.5. The van der Waals surface area contributed by atoms with E-state index in [9.17, 15) is 14.4 Å². The van der Waals surface area contributed by atoms with Gasteiger partial charge in [-0.15, -0.1) is 0 Å². The monoisotopic (exact) mass is 736 g/mol. The van der Waals surface area contributed by atoms with Crippen LogP contribution in [0.1, 0.15) is 55.2 Å². The van der Waals surface area contributed by atoms with E-state index in [1.165, 1.54) is 50.2 Å². The van der Waals surface area contributed by atoms with Gasteiger partial charge in [0.25, 0.3) is 11.8 Å². The molecule has 0 atom stereocenters. The maximum Gasteiger partial charge on any atom is 0.335 e. The van der Waals surface area contributed by atoms with Crippen LogP contribution >= 0.6 is 38.5 Å². The van der Waals surface area contributed by atoms with Gasteiger partial charge in [0.2, 0.25) is 0 Å². The third-order valence-electron chi connectivity index (χ3n) is 9.46. The first kappa shape index (κ1) is 27.8. The van der Waals surface area contributed by atoms with Gasteiger partial charge in [0, 0.05) is 13.6 Å². The number of hydrogen-bond acceptors (Lipinski definition) is 4. The van der Waals surface area contributed by atoms with Gasteiger partial charge in [0.1, 0.15) is 17.9 Å². The average molecular weight is 737 g/mol. The average Bonchev–Trinajstić information content (AvgIpc) is 2.95. The molecule has 1 saturated heterocycles. The lowest BCUT2D eigenvalue weighted by molar-refractivity contribution is -0.122. The molecule has 5 fully saturated rings. The zero-order chi connectivity index (χ0) is 29.0. The van der Waals surface area contributed by atoms with Crippen LogP contribution in [0.25, 0.3) is 6.08 Å². The van der Waals surface area contributed by atoms with E-state index < -0.39 is 17.8 Å². The van der Waals surface area contributed by atoms with Gasteiger partial charge in [0.15, 0.2) is 0 Å². The first-order valence-corrected chi connectivity index (χ1v) is 16.3. The smallest absolute Gasteiger partial charge is 0.335 e. The van der Waals surface area contributed by atoms with E-state index in [1.807, 2.05) is 42.5 Å². The van der Waals surface area contributed by atoms with Crippen molar-refractivity contribution < 1.29 is 19.1 Å². The summed E-state index contributed by atoms with van der Waals surface area (Å²) in [7, 11) is 0. The predicted octanol–water partition coefficient (Wildman–Crippen LogP) is 7.77. The van der Waals surface area contributed by atoms with Crippen molar-refractivity contribution in [1.29, 1.82) is 0 Å². The second kappa shape index (κ2) is 10.9. The normalized spacial score (nSPS) is 27.5. The summed E-state index contributed by atoms with van der Waals surface area (Å²) < 4.78 is 7.99. The fourth-order valence-corrected chi connectivity index (χ4v) is 8.72. The number of carbonyl (C=O) groups is 3. The Labute approximate surface area is 267 Å². The van der Waals surface area contributed by atoms with Gasteiger partial charge < -0.3 is 4.74 Å². The Hall–Kier alpha value is -2.98. The molecule has 4 saturated carbocycles. The van der Waals surface area contributed by atoms with Crippen molar-refractivity contribution in [3.05, 3.63) is 97.0 Å². The Morgan fingerprint density at radius 2 is 1.55 bits per heavy atom. The Balaban J connectivity index is 1.15. The number of hydrogen-bond donors (Lipinski definition) is 1. The molecule has 6 nitrogen and oxygen atoms in total. The number of halogens is 2. The molecule has 4 aliphatic carbocycles. The largest absolute Gasteiger partial charge is 0.488 e. The van der Waals surface area contributed by atoms with E-state index in [0.717, 1.165) is 36.3 Å². The number of nitrogens with zero attached hydrogens (tertiary/aromatic N) is 1. The maximum atomic E-state index is 13.7. The summed E-state index contributed by atoms with van der Waals surface area (Å²) in [6.07, 6.45) is 9.34. The van der Waals surface area contributed by atoms with Gasteiger partial charge in [0.05, 0.1) is 5.69 Å². The molecular weight excluding hydrogens is 707 g/mol. The molecular formula is C34H30BrIN2O4. The summed E-state index contributed by atoms with van der Waals surface area (Å²) in [5, 5.41) is 2.35. The number of barbiturate groups is 1. The molecule has 5 aliphatic rings. The van der Waals surface area contributed by atoms with Crippen LogP contribution in [0.15, 0.2) is 76.8 Å². The molecule has 4 amide bonds. The summed E-state index contributed by atoms with van der Waals surface area (Å²) in [4.78, 5) is 40.6. The summed E-state index contributed by atoms with van der Waals surface area (Å²) in [5.74, 6) is 1.62. The van der Waals surface area contributed by atoms with Crippen LogP contribution in [-0.4, -0.2) is 17.8 Å². The van der Waals surface area contributed by atoms with Gasteiger partial charge in [-0.05, 0) is 144 Å². The first-order chi connectivity index (χ1) is 20.3. The van der Waals surface area contributed by atoms with E-state index in [2.05, 4.69) is 56.0 Å². The summed E-state index contributed by atoms with van der Waals surface area (Å²) >= 11 is 5.74. The van der Waals surface area contributed by atoms with Gasteiger partial charge in [-0.25, -0.2) is 9.69 Å². The zero-order valence-corrected chi connectivity index (χ0v) is 26.7. The number of nitrogens with one attached hydrogen (secondary N) is 1. The third-order valence-corrected chi connectivity index (χ3v) is 10.7. The van der Waals surface area contributed by atoms with Gasteiger partial charge in [-0.1, -0.05) is 40.2 Å². The third kappa shape index (κ3) is 5.21. The molecule has 1 N–H and O–H groups in total. The second-order valence-electron chi connectivity index (χ2n) is 12.3. The standard InChI is InChI=1S/C34H30BrIN2O4/c35-26-5-10-30(42-19-20-1-6-27(36)7-2-20)24(14-26)15-29-31(39)37-33(41)38(32(29)40)28-8-3-25(4-9-28)34-16-21-11-22(17-34)13-23(12-21)18-34/h1-10,14-15,21-23H,11-13,16-19H2,(H,37,39,41)/b29-15+. The van der Waals surface area contributed by atoms with Gasteiger partial charge in [-0.3, -0.25) is 14.9 Å². The number of anilines is 1. The van der Waals surface area contributed by atoms with Crippen molar-refractivity contribution in [2.75, 3.05) is 4.90 Å². The molecule has 42 heavy (non-hydrogen) atoms. The van der Waals surface area contributed by atoms with Gasteiger partial charge in [-0.2, -0.15) is 0 Å². The minimum Gasteiger partial charge on any atom is -0.488 e. The lowest BCUT2D eigenvalue weighted by Crippen LogP contribution is -2.54. The zero-order valence-electron chi connectivity index (χ0n) is 22.9. The minimum atomic E-state index is -0.742. The predicted molar refractivity (Wildman–Crippen MR) is 173 cm³/mol. The van der Waals surface area contributed by atoms with Crippen molar-refractivity contribution in [2.24, 2.45) is 17.8 Å². The number of rotatable bonds is 6. The molecule has 8 heteroatoms. The van der Waals surface area contributed by atoms with Crippen molar-refractivity contribution >= 4 is 68.1 Å². The summed E-state index contributed by atoms with van der Waals surface area (Å²) in [6, 6.07) is 20.6. The summed E-state index contributed by atoms with van der Waals surface area (Å²) in [6.45, 7) is 0.329. The molecule has 4 bridgehead atoms. The Morgan fingerprint density at radius 1 is 0.905 bits per heavy atom. The van der Waals surface area contributed by atoms with Crippen LogP contribution in [0.3, 0.4) is 0 Å². The maximum absolute atomic E-state index is 13.7. The lowest BCUT2D eigenvalue weighted by atomic mass is 9.48. The molecule has 0 radical (unpaired) electrons. The Bertz CT molecular complexity index is 1580. The van der Waals surface area contributed by atoms with Crippen LogP contribution in [0.5, 0.6) is 5.75 Å². The Kier molecular flexibility index (Phi) is 7.25. The molecule has 0 spiro atoms. The fraction of sp³-hybridized carbons (Fsp3) is 0.324. The number of imide groups is 2. The van der Waals surface area contributed by atoms with E-state index in [0.29, 0.717) is 23.6 Å². The minimum absolute atomic E-state index is 0.128. The molecule has 214 valence electrons. The van der Waals surface area contributed by atoms with Crippen molar-refractivity contribution in [3.63, 3.8) is 0 Å². The molecule has 3 aromatic rings. The molecule has 0 aromatic heterocycles. The van der Waals surface area contributed by atoms with Crippen LogP contribution in [0.4, 0.5) is 10.5 Å². The van der Waals surface area contributed by atoms with Crippen LogP contribution < -0.4 is 15.0 Å². The number of amides is 4. The van der Waals surface area contributed by atoms with Crippen molar-refractivity contribution in [3.8, 4) is 5.75 Å². The number of benzene rings is 3. The lowest BCUT2D eigenvalue weighted by Gasteiger charge is -2.57. The SMILES string of the molecule is O=C1NC(=O)N(c2ccc(C34CC5CC(CC(C5)C3)C4)cc2)C(=O)/C1=C/c1cc(Br)ccc1OCc1ccc(I)cc1. The molecule has 3 aromatic carbocycles. The first-order valence-electron chi connectivity index (χ1n) is 14.5. The highest BCUT2D eigenvalue weighted by Crippen LogP contribution is 2.60. The van der Waals surface area contributed by atoms with Crippen LogP contribution in [-0.2, 0) is 21.6 Å². The van der Waals surface area contributed by atoms with E-state index in [1.54, 1.807) is 12.1 Å². The van der Waals surface area contributed by atoms with Crippen LogP contribution in [0, 0.1) is 21.3 Å². The Morgan fingerprint density at radius 3 is 2.19 bits per heavy atom. The molecule has 8 rings (SSSR count). The number of urea groups is 1. The topological polar surface area (TPSA) is 75.7 Å². The van der Waals surface area contributed by atoms with E-state index in [-0.39, 0.29) is 11.0 Å². The highest BCUT2D eigenvalue weighted by molar-refractivity contribution is 14.1. The quantitative estimate of drug-likeness (QED) is 0.160. The van der Waals surface area contributed by atoms with Crippen LogP contribution in [0.2, 0.25) is 0 Å². The highest BCUT2D eigenvalue weighted by Gasteiger charge is 2.51. The fourth-order valence-electron chi connectivity index (χ4n) is 7.98. The van der Waals surface area contributed by atoms with Crippen molar-refractivity contribution in [1.82, 2.24) is 5.32 Å². The van der Waals surface area contributed by atoms with Gasteiger partial charge >= 0.3 is 6.03 Å². The molecule has 1 aliphatic heterocycles. The van der Waals surface area contributed by atoms with E-state index in [4.69, 9.17) is 4.74 Å². The van der Waals surface area contributed by atoms with E-state index >= 15 is 0 Å². The van der Waals surface area contributed by atoms with Crippen molar-refractivity contribution in [2.45, 2.75) is 50.5 Å². The summed E-state index contributed by atoms with van der Waals surface area (Å²) in [5.41, 5.74) is 3.41. The highest BCUT2D eigenvalue weighted by atomic mass is 127. The molecule has 1 heterocycles. The molecule has 0 unspecified atom stereocenters.